The van der Waals surface area contributed by atoms with Gasteiger partial charge in [0, 0.05) is 26.1 Å². The lowest BCUT2D eigenvalue weighted by molar-refractivity contribution is -0.135. The number of likely N-dealkylation sites (tertiary alicyclic amines) is 1. The first-order valence-corrected chi connectivity index (χ1v) is 12.2. The normalized spacial score (nSPS) is 19.7. The van der Waals surface area contributed by atoms with E-state index in [-0.39, 0.29) is 30.9 Å². The number of benzene rings is 1. The van der Waals surface area contributed by atoms with Gasteiger partial charge in [-0.2, -0.15) is 0 Å². The van der Waals surface area contributed by atoms with Crippen LogP contribution in [0, 0.1) is 0 Å². The first kappa shape index (κ1) is 25.0. The summed E-state index contributed by atoms with van der Waals surface area (Å²) in [6.45, 7) is 7.43. The van der Waals surface area contributed by atoms with Gasteiger partial charge in [0.2, 0.25) is 11.8 Å². The van der Waals surface area contributed by atoms with E-state index < -0.39 is 23.3 Å². The monoisotopic (exact) mass is 487 g/mol. The Morgan fingerprint density at radius 2 is 1.89 bits per heavy atom. The second-order valence-corrected chi connectivity index (χ2v) is 10.1. The molecule has 0 spiro atoms. The number of carbonyl (C=O) groups is 3. The SMILES string of the molecule is CC(C)(C)OC(=O)N1CCC(OCCCc2ccc3c(c2)oc(=O)n3C2CCC(=O)NC2=O)CC1. The highest BCUT2D eigenvalue weighted by Crippen LogP contribution is 2.24. The molecule has 1 N–H and O–H groups in total. The summed E-state index contributed by atoms with van der Waals surface area (Å²) in [5.41, 5.74) is 1.47. The van der Waals surface area contributed by atoms with Gasteiger partial charge in [-0.3, -0.25) is 19.5 Å². The number of imide groups is 1. The van der Waals surface area contributed by atoms with Gasteiger partial charge in [0.25, 0.3) is 0 Å². The molecule has 2 aromatic rings. The van der Waals surface area contributed by atoms with Crippen LogP contribution in [0.4, 0.5) is 4.79 Å². The Bertz CT molecular complexity index is 1150. The van der Waals surface area contributed by atoms with E-state index >= 15 is 0 Å². The van der Waals surface area contributed by atoms with Crippen LogP contribution >= 0.6 is 0 Å². The molecule has 0 saturated carbocycles. The second kappa shape index (κ2) is 10.2. The van der Waals surface area contributed by atoms with Crippen molar-refractivity contribution in [2.75, 3.05) is 19.7 Å². The molecule has 10 nitrogen and oxygen atoms in total. The number of nitrogens with zero attached hydrogens (tertiary/aromatic N) is 2. The van der Waals surface area contributed by atoms with Crippen molar-refractivity contribution >= 4 is 29.0 Å². The fourth-order valence-corrected chi connectivity index (χ4v) is 4.52. The zero-order valence-electron chi connectivity index (χ0n) is 20.5. The van der Waals surface area contributed by atoms with E-state index in [2.05, 4.69) is 5.32 Å². The standard InChI is InChI=1S/C25H33N3O7/c1-25(2,3)35-23(31)27-12-10-17(11-13-27)33-14-4-5-16-6-7-18-20(15-16)34-24(32)28(18)19-8-9-21(29)26-22(19)30/h6-7,15,17,19H,4-5,8-14H2,1-3H3,(H,26,29,30). The zero-order chi connectivity index (χ0) is 25.2. The number of aromatic nitrogens is 1. The van der Waals surface area contributed by atoms with Gasteiger partial charge in [0.15, 0.2) is 5.58 Å². The van der Waals surface area contributed by atoms with Crippen LogP contribution in [0.5, 0.6) is 0 Å². The minimum absolute atomic E-state index is 0.122. The second-order valence-electron chi connectivity index (χ2n) is 10.1. The Morgan fingerprint density at radius 3 is 2.57 bits per heavy atom. The van der Waals surface area contributed by atoms with Gasteiger partial charge in [-0.1, -0.05) is 6.07 Å². The van der Waals surface area contributed by atoms with Gasteiger partial charge in [-0.15, -0.1) is 0 Å². The van der Waals surface area contributed by atoms with E-state index in [1.165, 1.54) is 4.57 Å². The lowest BCUT2D eigenvalue weighted by Crippen LogP contribution is -2.43. The minimum atomic E-state index is -0.748. The Morgan fingerprint density at radius 1 is 1.14 bits per heavy atom. The first-order valence-electron chi connectivity index (χ1n) is 12.2. The molecule has 10 heteroatoms. The Balaban J connectivity index is 1.25. The Kier molecular flexibility index (Phi) is 7.30. The summed E-state index contributed by atoms with van der Waals surface area (Å²) in [6.07, 6.45) is 3.42. The van der Waals surface area contributed by atoms with Crippen molar-refractivity contribution in [1.82, 2.24) is 14.8 Å². The molecule has 35 heavy (non-hydrogen) atoms. The average molecular weight is 488 g/mol. The molecule has 3 amide bonds. The molecule has 2 aliphatic heterocycles. The number of amides is 3. The molecule has 0 radical (unpaired) electrons. The molecule has 1 unspecified atom stereocenters. The molecule has 1 aromatic carbocycles. The van der Waals surface area contributed by atoms with Crippen LogP contribution < -0.4 is 11.1 Å². The van der Waals surface area contributed by atoms with Gasteiger partial charge in [-0.25, -0.2) is 9.59 Å². The number of nitrogens with one attached hydrogen (secondary N) is 1. The van der Waals surface area contributed by atoms with E-state index in [0.29, 0.717) is 30.8 Å². The summed E-state index contributed by atoms with van der Waals surface area (Å²) >= 11 is 0. The third-order valence-corrected chi connectivity index (χ3v) is 6.26. The van der Waals surface area contributed by atoms with Crippen molar-refractivity contribution in [2.24, 2.45) is 0 Å². The average Bonchev–Trinajstić information content (AvgIpc) is 3.11. The molecule has 3 heterocycles. The third kappa shape index (κ3) is 6.11. The van der Waals surface area contributed by atoms with Crippen molar-refractivity contribution in [2.45, 2.75) is 77.0 Å². The molecule has 0 bridgehead atoms. The largest absolute Gasteiger partial charge is 0.444 e. The molecule has 1 aromatic heterocycles. The molecule has 2 fully saturated rings. The summed E-state index contributed by atoms with van der Waals surface area (Å²) in [5, 5.41) is 2.28. The van der Waals surface area contributed by atoms with E-state index in [4.69, 9.17) is 13.9 Å². The smallest absolute Gasteiger partial charge is 0.420 e. The molecule has 2 saturated heterocycles. The molecular formula is C25H33N3O7. The van der Waals surface area contributed by atoms with Crippen LogP contribution in [-0.2, 0) is 25.5 Å². The number of aryl methyl sites for hydroxylation is 1. The Hall–Kier alpha value is -3.14. The zero-order valence-corrected chi connectivity index (χ0v) is 20.5. The van der Waals surface area contributed by atoms with Gasteiger partial charge >= 0.3 is 11.8 Å². The van der Waals surface area contributed by atoms with E-state index in [1.807, 2.05) is 32.9 Å². The van der Waals surface area contributed by atoms with E-state index in [9.17, 15) is 19.2 Å². The maximum absolute atomic E-state index is 12.4. The predicted molar refractivity (Wildman–Crippen MR) is 127 cm³/mol. The lowest BCUT2D eigenvalue weighted by atomic mass is 10.1. The maximum Gasteiger partial charge on any atom is 0.420 e. The van der Waals surface area contributed by atoms with Crippen LogP contribution in [0.1, 0.15) is 64.5 Å². The number of ether oxygens (including phenoxy) is 2. The van der Waals surface area contributed by atoms with Crippen molar-refractivity contribution in [3.8, 4) is 0 Å². The fraction of sp³-hybridized carbons (Fsp3) is 0.600. The number of rotatable bonds is 6. The number of hydrogen-bond acceptors (Lipinski definition) is 7. The highest BCUT2D eigenvalue weighted by atomic mass is 16.6. The molecular weight excluding hydrogens is 454 g/mol. The number of piperidine rings is 2. The molecule has 190 valence electrons. The summed E-state index contributed by atoms with van der Waals surface area (Å²) in [7, 11) is 0. The molecule has 2 aliphatic rings. The van der Waals surface area contributed by atoms with Gasteiger partial charge in [0.05, 0.1) is 11.6 Å². The van der Waals surface area contributed by atoms with Crippen molar-refractivity contribution in [3.05, 3.63) is 34.3 Å². The quantitative estimate of drug-likeness (QED) is 0.491. The number of oxazole rings is 1. The van der Waals surface area contributed by atoms with E-state index in [1.54, 1.807) is 11.0 Å². The maximum atomic E-state index is 12.4. The lowest BCUT2D eigenvalue weighted by Gasteiger charge is -2.33. The van der Waals surface area contributed by atoms with Crippen LogP contribution in [-0.4, -0.2) is 58.8 Å². The molecule has 0 aliphatic carbocycles. The number of carbonyl (C=O) groups excluding carboxylic acids is 3. The van der Waals surface area contributed by atoms with Crippen molar-refractivity contribution in [1.29, 1.82) is 0 Å². The summed E-state index contributed by atoms with van der Waals surface area (Å²) in [5.74, 6) is -1.41. The number of fused-ring (bicyclic) bond motifs is 1. The third-order valence-electron chi connectivity index (χ3n) is 6.26. The topological polar surface area (TPSA) is 120 Å². The highest BCUT2D eigenvalue weighted by Gasteiger charge is 2.31. The number of hydrogen-bond donors (Lipinski definition) is 1. The van der Waals surface area contributed by atoms with Crippen LogP contribution in [0.3, 0.4) is 0 Å². The van der Waals surface area contributed by atoms with Gasteiger partial charge < -0.3 is 18.8 Å². The van der Waals surface area contributed by atoms with Crippen LogP contribution in [0.25, 0.3) is 11.1 Å². The van der Waals surface area contributed by atoms with E-state index in [0.717, 1.165) is 31.2 Å². The first-order chi connectivity index (χ1) is 16.6. The molecule has 1 atom stereocenters. The fourth-order valence-electron chi connectivity index (χ4n) is 4.52. The van der Waals surface area contributed by atoms with Crippen molar-refractivity contribution < 1.29 is 28.3 Å². The highest BCUT2D eigenvalue weighted by molar-refractivity contribution is 6.00. The van der Waals surface area contributed by atoms with Crippen LogP contribution in [0.2, 0.25) is 0 Å². The molecule has 4 rings (SSSR count). The minimum Gasteiger partial charge on any atom is -0.444 e. The van der Waals surface area contributed by atoms with Crippen LogP contribution in [0.15, 0.2) is 27.4 Å². The van der Waals surface area contributed by atoms with Gasteiger partial charge in [0.1, 0.15) is 11.6 Å². The van der Waals surface area contributed by atoms with Gasteiger partial charge in [-0.05, 0) is 70.6 Å². The Labute approximate surface area is 203 Å². The van der Waals surface area contributed by atoms with Crippen molar-refractivity contribution in [3.63, 3.8) is 0 Å². The summed E-state index contributed by atoms with van der Waals surface area (Å²) in [4.78, 5) is 50.0. The summed E-state index contributed by atoms with van der Waals surface area (Å²) in [6, 6.07) is 4.77. The predicted octanol–water partition coefficient (Wildman–Crippen LogP) is 2.92. The summed E-state index contributed by atoms with van der Waals surface area (Å²) < 4.78 is 18.2.